The minimum absolute atomic E-state index is 0.179. The SMILES string of the molecule is CNC(COC(C)C)c1ccc2nccnc2c1. The molecule has 2 rings (SSSR count). The Morgan fingerprint density at radius 3 is 2.56 bits per heavy atom. The van der Waals surface area contributed by atoms with Gasteiger partial charge in [0.2, 0.25) is 0 Å². The Kier molecular flexibility index (Phi) is 4.23. The van der Waals surface area contributed by atoms with Gasteiger partial charge in [-0.05, 0) is 38.6 Å². The Bertz CT molecular complexity index is 513. The van der Waals surface area contributed by atoms with Crippen molar-refractivity contribution < 1.29 is 4.74 Å². The average Bonchev–Trinajstić information content (AvgIpc) is 2.39. The first-order valence-electron chi connectivity index (χ1n) is 6.20. The van der Waals surface area contributed by atoms with E-state index in [-0.39, 0.29) is 12.1 Å². The molecule has 0 fully saturated rings. The summed E-state index contributed by atoms with van der Waals surface area (Å²) in [6.45, 7) is 4.73. The summed E-state index contributed by atoms with van der Waals surface area (Å²) in [5, 5.41) is 3.27. The lowest BCUT2D eigenvalue weighted by atomic mass is 10.1. The molecule has 18 heavy (non-hydrogen) atoms. The van der Waals surface area contributed by atoms with Crippen LogP contribution in [0.1, 0.15) is 25.5 Å². The molecule has 1 N–H and O–H groups in total. The molecule has 4 nitrogen and oxygen atoms in total. The molecule has 2 aromatic rings. The van der Waals surface area contributed by atoms with Gasteiger partial charge in [0.25, 0.3) is 0 Å². The van der Waals surface area contributed by atoms with Crippen molar-refractivity contribution in [1.29, 1.82) is 0 Å². The molecule has 0 spiro atoms. The van der Waals surface area contributed by atoms with Gasteiger partial charge < -0.3 is 10.1 Å². The zero-order chi connectivity index (χ0) is 13.0. The number of fused-ring (bicyclic) bond motifs is 1. The standard InChI is InChI=1S/C14H19N3O/c1-10(2)18-9-14(15-3)11-4-5-12-13(8-11)17-7-6-16-12/h4-8,10,14-15H,9H2,1-3H3. The molecule has 1 aromatic carbocycles. The minimum Gasteiger partial charge on any atom is -0.377 e. The van der Waals surface area contributed by atoms with Gasteiger partial charge in [-0.2, -0.15) is 0 Å². The lowest BCUT2D eigenvalue weighted by Gasteiger charge is -2.18. The quantitative estimate of drug-likeness (QED) is 0.878. The van der Waals surface area contributed by atoms with Crippen molar-refractivity contribution >= 4 is 11.0 Å². The van der Waals surface area contributed by atoms with Crippen molar-refractivity contribution in [1.82, 2.24) is 15.3 Å². The van der Waals surface area contributed by atoms with Gasteiger partial charge in [0, 0.05) is 12.4 Å². The fourth-order valence-electron chi connectivity index (χ4n) is 1.83. The zero-order valence-electron chi connectivity index (χ0n) is 11.1. The van der Waals surface area contributed by atoms with Gasteiger partial charge in [0.05, 0.1) is 29.8 Å². The van der Waals surface area contributed by atoms with Gasteiger partial charge >= 0.3 is 0 Å². The number of nitrogens with zero attached hydrogens (tertiary/aromatic N) is 2. The molecule has 0 amide bonds. The second-order valence-corrected chi connectivity index (χ2v) is 4.53. The maximum atomic E-state index is 5.66. The molecule has 1 heterocycles. The molecule has 0 aliphatic heterocycles. The summed E-state index contributed by atoms with van der Waals surface area (Å²) in [6, 6.07) is 6.31. The summed E-state index contributed by atoms with van der Waals surface area (Å²) in [7, 11) is 1.94. The largest absolute Gasteiger partial charge is 0.377 e. The highest BCUT2D eigenvalue weighted by atomic mass is 16.5. The Balaban J connectivity index is 2.22. The van der Waals surface area contributed by atoms with E-state index in [1.165, 1.54) is 5.56 Å². The van der Waals surface area contributed by atoms with Crippen molar-refractivity contribution in [3.63, 3.8) is 0 Å². The molecule has 0 saturated heterocycles. The van der Waals surface area contributed by atoms with Crippen molar-refractivity contribution in [2.45, 2.75) is 26.0 Å². The smallest absolute Gasteiger partial charge is 0.0890 e. The van der Waals surface area contributed by atoms with E-state index in [2.05, 4.69) is 27.4 Å². The van der Waals surface area contributed by atoms with Crippen molar-refractivity contribution in [3.05, 3.63) is 36.2 Å². The predicted molar refractivity (Wildman–Crippen MR) is 72.4 cm³/mol. The lowest BCUT2D eigenvalue weighted by Crippen LogP contribution is -2.23. The van der Waals surface area contributed by atoms with E-state index in [1.807, 2.05) is 27.0 Å². The van der Waals surface area contributed by atoms with Crippen LogP contribution in [0.25, 0.3) is 11.0 Å². The van der Waals surface area contributed by atoms with Crippen LogP contribution in [0, 0.1) is 0 Å². The fraction of sp³-hybridized carbons (Fsp3) is 0.429. The van der Waals surface area contributed by atoms with Crippen LogP contribution >= 0.6 is 0 Å². The number of hydrogen-bond acceptors (Lipinski definition) is 4. The number of likely N-dealkylation sites (N-methyl/N-ethyl adjacent to an activating group) is 1. The highest BCUT2D eigenvalue weighted by molar-refractivity contribution is 5.74. The first-order chi connectivity index (χ1) is 8.70. The second kappa shape index (κ2) is 5.89. The topological polar surface area (TPSA) is 47.0 Å². The van der Waals surface area contributed by atoms with Gasteiger partial charge in [0.15, 0.2) is 0 Å². The molecular formula is C14H19N3O. The van der Waals surface area contributed by atoms with Crippen molar-refractivity contribution in [3.8, 4) is 0 Å². The van der Waals surface area contributed by atoms with E-state index in [4.69, 9.17) is 4.74 Å². The number of benzene rings is 1. The van der Waals surface area contributed by atoms with Gasteiger partial charge in [-0.25, -0.2) is 0 Å². The molecule has 0 radical (unpaired) electrons. The lowest BCUT2D eigenvalue weighted by molar-refractivity contribution is 0.0626. The highest BCUT2D eigenvalue weighted by Crippen LogP contribution is 2.18. The molecule has 4 heteroatoms. The van der Waals surface area contributed by atoms with Crippen LogP contribution in [0.2, 0.25) is 0 Å². The van der Waals surface area contributed by atoms with E-state index in [0.717, 1.165) is 11.0 Å². The Hall–Kier alpha value is -1.52. The zero-order valence-corrected chi connectivity index (χ0v) is 11.1. The van der Waals surface area contributed by atoms with E-state index >= 15 is 0 Å². The first-order valence-corrected chi connectivity index (χ1v) is 6.20. The maximum Gasteiger partial charge on any atom is 0.0890 e. The molecule has 1 atom stereocenters. The second-order valence-electron chi connectivity index (χ2n) is 4.53. The van der Waals surface area contributed by atoms with E-state index in [1.54, 1.807) is 12.4 Å². The highest BCUT2D eigenvalue weighted by Gasteiger charge is 2.11. The Morgan fingerprint density at radius 2 is 1.89 bits per heavy atom. The van der Waals surface area contributed by atoms with Crippen LogP contribution in [0.5, 0.6) is 0 Å². The van der Waals surface area contributed by atoms with Gasteiger partial charge in [-0.3, -0.25) is 9.97 Å². The van der Waals surface area contributed by atoms with Crippen LogP contribution in [-0.4, -0.2) is 29.7 Å². The van der Waals surface area contributed by atoms with Crippen LogP contribution in [-0.2, 0) is 4.74 Å². The monoisotopic (exact) mass is 245 g/mol. The summed E-state index contributed by atoms with van der Waals surface area (Å²) < 4.78 is 5.66. The third-order valence-corrected chi connectivity index (χ3v) is 2.84. The third kappa shape index (κ3) is 3.03. The van der Waals surface area contributed by atoms with E-state index in [9.17, 15) is 0 Å². The third-order valence-electron chi connectivity index (χ3n) is 2.84. The molecule has 0 bridgehead atoms. The number of aromatic nitrogens is 2. The van der Waals surface area contributed by atoms with Crippen molar-refractivity contribution in [2.75, 3.05) is 13.7 Å². The summed E-state index contributed by atoms with van der Waals surface area (Å²) in [5.74, 6) is 0. The number of rotatable bonds is 5. The first kappa shape index (κ1) is 12.9. The molecule has 1 unspecified atom stereocenters. The Labute approximate surface area is 107 Å². The molecule has 96 valence electrons. The summed E-state index contributed by atoms with van der Waals surface area (Å²) in [4.78, 5) is 8.59. The van der Waals surface area contributed by atoms with Crippen LogP contribution in [0.4, 0.5) is 0 Å². The molecule has 0 aliphatic carbocycles. The number of hydrogen-bond donors (Lipinski definition) is 1. The summed E-state index contributed by atoms with van der Waals surface area (Å²) >= 11 is 0. The Morgan fingerprint density at radius 1 is 1.17 bits per heavy atom. The average molecular weight is 245 g/mol. The van der Waals surface area contributed by atoms with Crippen LogP contribution in [0.3, 0.4) is 0 Å². The van der Waals surface area contributed by atoms with Crippen LogP contribution < -0.4 is 5.32 Å². The van der Waals surface area contributed by atoms with E-state index < -0.39 is 0 Å². The van der Waals surface area contributed by atoms with E-state index in [0.29, 0.717) is 6.61 Å². The number of ether oxygens (including phenoxy) is 1. The molecule has 1 aromatic heterocycles. The van der Waals surface area contributed by atoms with Crippen molar-refractivity contribution in [2.24, 2.45) is 0 Å². The maximum absolute atomic E-state index is 5.66. The summed E-state index contributed by atoms with van der Waals surface area (Å²) in [6.07, 6.45) is 3.66. The molecular weight excluding hydrogens is 226 g/mol. The normalized spacial score (nSPS) is 13.1. The predicted octanol–water partition coefficient (Wildman–Crippen LogP) is 2.32. The van der Waals surface area contributed by atoms with Gasteiger partial charge in [0.1, 0.15) is 0 Å². The molecule has 0 aliphatic rings. The van der Waals surface area contributed by atoms with Crippen LogP contribution in [0.15, 0.2) is 30.6 Å². The number of nitrogens with one attached hydrogen (secondary N) is 1. The summed E-state index contributed by atoms with van der Waals surface area (Å²) in [5.41, 5.74) is 3.01. The molecule has 0 saturated carbocycles. The van der Waals surface area contributed by atoms with Gasteiger partial charge in [-0.15, -0.1) is 0 Å². The van der Waals surface area contributed by atoms with Gasteiger partial charge in [-0.1, -0.05) is 6.07 Å². The minimum atomic E-state index is 0.179. The fourth-order valence-corrected chi connectivity index (χ4v) is 1.83.